The molecule has 232 valence electrons. The summed E-state index contributed by atoms with van der Waals surface area (Å²) in [7, 11) is 0. The van der Waals surface area contributed by atoms with E-state index in [-0.39, 0.29) is 0 Å². The molecule has 0 N–H and O–H groups in total. The van der Waals surface area contributed by atoms with Gasteiger partial charge in [0.1, 0.15) is 0 Å². The SMILES string of the molecule is N#Cc1cccc(-c2ccc(-c3nc(-c4ccccc4)nc(-c4cccc(-c5ccc6c7ccccc7c7ccccc7c6c5)c4)n3)cc2)c1. The van der Waals surface area contributed by atoms with Gasteiger partial charge in [0.05, 0.1) is 11.6 Å². The number of hydrogen-bond acceptors (Lipinski definition) is 4. The van der Waals surface area contributed by atoms with Crippen molar-refractivity contribution in [2.45, 2.75) is 0 Å². The molecule has 0 aliphatic heterocycles. The van der Waals surface area contributed by atoms with Gasteiger partial charge in [0.25, 0.3) is 0 Å². The first-order chi connectivity index (χ1) is 24.7. The third kappa shape index (κ3) is 5.24. The molecular weight excluding hydrogens is 609 g/mol. The zero-order valence-electron chi connectivity index (χ0n) is 27.0. The van der Waals surface area contributed by atoms with Crippen molar-refractivity contribution in [3.05, 3.63) is 175 Å². The highest BCUT2D eigenvalue weighted by Gasteiger charge is 2.14. The van der Waals surface area contributed by atoms with Crippen LogP contribution < -0.4 is 0 Å². The Morgan fingerprint density at radius 1 is 0.300 bits per heavy atom. The van der Waals surface area contributed by atoms with Crippen LogP contribution in [0.5, 0.6) is 0 Å². The first-order valence-corrected chi connectivity index (χ1v) is 16.6. The summed E-state index contributed by atoms with van der Waals surface area (Å²) >= 11 is 0. The Balaban J connectivity index is 1.15. The predicted molar refractivity (Wildman–Crippen MR) is 204 cm³/mol. The lowest BCUT2D eigenvalue weighted by atomic mass is 9.92. The molecule has 8 aromatic carbocycles. The summed E-state index contributed by atoms with van der Waals surface area (Å²) in [6, 6.07) is 60.6. The second-order valence-electron chi connectivity index (χ2n) is 12.4. The zero-order valence-corrected chi connectivity index (χ0v) is 27.0. The molecule has 4 heteroatoms. The van der Waals surface area contributed by atoms with E-state index < -0.39 is 0 Å². The van der Waals surface area contributed by atoms with Gasteiger partial charge in [-0.2, -0.15) is 5.26 Å². The Morgan fingerprint density at radius 3 is 1.36 bits per heavy atom. The molecule has 9 rings (SSSR count). The minimum Gasteiger partial charge on any atom is -0.208 e. The van der Waals surface area contributed by atoms with Crippen molar-refractivity contribution < 1.29 is 0 Å². The van der Waals surface area contributed by atoms with Crippen molar-refractivity contribution in [3.63, 3.8) is 0 Å². The normalized spacial score (nSPS) is 11.2. The van der Waals surface area contributed by atoms with Crippen molar-refractivity contribution in [1.29, 1.82) is 5.26 Å². The number of fused-ring (bicyclic) bond motifs is 6. The first-order valence-electron chi connectivity index (χ1n) is 16.6. The van der Waals surface area contributed by atoms with Gasteiger partial charge in [0, 0.05) is 16.7 Å². The minimum atomic E-state index is 0.598. The predicted octanol–water partition coefficient (Wildman–Crippen LogP) is 11.5. The van der Waals surface area contributed by atoms with E-state index in [2.05, 4.69) is 97.1 Å². The molecule has 0 aliphatic carbocycles. The van der Waals surface area contributed by atoms with Crippen LogP contribution in [0, 0.1) is 11.3 Å². The molecule has 1 heterocycles. The Bertz CT molecular complexity index is 2730. The van der Waals surface area contributed by atoms with Gasteiger partial charge in [0.15, 0.2) is 17.5 Å². The van der Waals surface area contributed by atoms with E-state index in [9.17, 15) is 5.26 Å². The molecule has 0 amide bonds. The Kier molecular flexibility index (Phi) is 7.15. The summed E-state index contributed by atoms with van der Waals surface area (Å²) in [6.07, 6.45) is 0. The number of aromatic nitrogens is 3. The number of hydrogen-bond donors (Lipinski definition) is 0. The van der Waals surface area contributed by atoms with Crippen LogP contribution in [0.25, 0.3) is 88.7 Å². The second-order valence-corrected chi connectivity index (χ2v) is 12.4. The van der Waals surface area contributed by atoms with Crippen LogP contribution in [0.1, 0.15) is 5.56 Å². The van der Waals surface area contributed by atoms with Crippen LogP contribution in [0.15, 0.2) is 170 Å². The topological polar surface area (TPSA) is 62.5 Å². The van der Waals surface area contributed by atoms with Gasteiger partial charge in [-0.05, 0) is 78.8 Å². The standard InChI is InChI=1S/C46H28N4/c47-29-30-10-8-13-34(26-30)31-20-22-33(23-21-31)45-48-44(32-11-2-1-3-12-32)49-46(50-45)37-15-9-14-35(27-37)36-24-25-42-40-18-5-4-16-38(40)39-17-6-7-19-41(39)43(42)28-36/h1-28H. The van der Waals surface area contributed by atoms with Crippen molar-refractivity contribution in [3.8, 4) is 62.5 Å². The summed E-state index contributed by atoms with van der Waals surface area (Å²) in [5.74, 6) is 1.82. The number of rotatable bonds is 5. The largest absolute Gasteiger partial charge is 0.208 e. The number of nitriles is 1. The van der Waals surface area contributed by atoms with E-state index in [1.807, 2.05) is 78.9 Å². The molecule has 0 radical (unpaired) electrons. The molecule has 0 unspecified atom stereocenters. The maximum atomic E-state index is 9.37. The van der Waals surface area contributed by atoms with E-state index in [4.69, 9.17) is 15.0 Å². The monoisotopic (exact) mass is 636 g/mol. The van der Waals surface area contributed by atoms with Gasteiger partial charge < -0.3 is 0 Å². The molecule has 0 saturated carbocycles. The molecular formula is C46H28N4. The van der Waals surface area contributed by atoms with Gasteiger partial charge >= 0.3 is 0 Å². The van der Waals surface area contributed by atoms with Crippen LogP contribution in [0.3, 0.4) is 0 Å². The quantitative estimate of drug-likeness (QED) is 0.176. The lowest BCUT2D eigenvalue weighted by molar-refractivity contribution is 1.07. The maximum absolute atomic E-state index is 9.37. The lowest BCUT2D eigenvalue weighted by Crippen LogP contribution is -2.00. The molecule has 50 heavy (non-hydrogen) atoms. The Hall–Kier alpha value is -6.96. The molecule has 0 atom stereocenters. The Labute approximate surface area is 289 Å². The molecule has 4 nitrogen and oxygen atoms in total. The second kappa shape index (κ2) is 12.2. The average molecular weight is 637 g/mol. The highest BCUT2D eigenvalue weighted by Crippen LogP contribution is 2.38. The van der Waals surface area contributed by atoms with Crippen LogP contribution in [0.2, 0.25) is 0 Å². The van der Waals surface area contributed by atoms with Gasteiger partial charge in [-0.25, -0.2) is 15.0 Å². The van der Waals surface area contributed by atoms with Crippen LogP contribution in [-0.4, -0.2) is 15.0 Å². The van der Waals surface area contributed by atoms with Crippen molar-refractivity contribution in [1.82, 2.24) is 15.0 Å². The van der Waals surface area contributed by atoms with Gasteiger partial charge in [-0.1, -0.05) is 146 Å². The molecule has 0 aliphatic rings. The summed E-state index contributed by atoms with van der Waals surface area (Å²) in [6.45, 7) is 0. The van der Waals surface area contributed by atoms with Crippen LogP contribution in [0.4, 0.5) is 0 Å². The van der Waals surface area contributed by atoms with Crippen LogP contribution >= 0.6 is 0 Å². The van der Waals surface area contributed by atoms with E-state index in [1.165, 1.54) is 32.3 Å². The number of benzene rings is 8. The van der Waals surface area contributed by atoms with Gasteiger partial charge in [-0.15, -0.1) is 0 Å². The summed E-state index contributed by atoms with van der Waals surface area (Å²) in [5.41, 5.74) is 7.59. The van der Waals surface area contributed by atoms with Crippen molar-refractivity contribution >= 4 is 32.3 Å². The molecule has 0 fully saturated rings. The van der Waals surface area contributed by atoms with Crippen molar-refractivity contribution in [2.75, 3.05) is 0 Å². The highest BCUT2D eigenvalue weighted by atomic mass is 15.0. The summed E-state index contributed by atoms with van der Waals surface area (Å²) in [4.78, 5) is 14.9. The smallest absolute Gasteiger partial charge is 0.164 e. The van der Waals surface area contributed by atoms with Gasteiger partial charge in [0.2, 0.25) is 0 Å². The summed E-state index contributed by atoms with van der Waals surface area (Å²) in [5, 5.41) is 16.9. The first kappa shape index (κ1) is 29.2. The zero-order chi connectivity index (χ0) is 33.4. The van der Waals surface area contributed by atoms with Crippen molar-refractivity contribution in [2.24, 2.45) is 0 Å². The average Bonchev–Trinajstić information content (AvgIpc) is 3.21. The maximum Gasteiger partial charge on any atom is 0.164 e. The third-order valence-corrected chi connectivity index (χ3v) is 9.33. The molecule has 0 spiro atoms. The minimum absolute atomic E-state index is 0.598. The molecule has 0 saturated heterocycles. The third-order valence-electron chi connectivity index (χ3n) is 9.33. The van der Waals surface area contributed by atoms with E-state index in [0.717, 1.165) is 38.9 Å². The Morgan fingerprint density at radius 2 is 0.720 bits per heavy atom. The summed E-state index contributed by atoms with van der Waals surface area (Å²) < 4.78 is 0. The fraction of sp³-hybridized carbons (Fsp3) is 0. The fourth-order valence-electron chi connectivity index (χ4n) is 6.86. The lowest BCUT2D eigenvalue weighted by Gasteiger charge is -2.13. The number of nitrogens with zero attached hydrogens (tertiary/aromatic N) is 4. The van der Waals surface area contributed by atoms with E-state index in [1.54, 1.807) is 0 Å². The fourth-order valence-corrected chi connectivity index (χ4v) is 6.86. The van der Waals surface area contributed by atoms with Gasteiger partial charge in [-0.3, -0.25) is 0 Å². The van der Waals surface area contributed by atoms with Crippen LogP contribution in [-0.2, 0) is 0 Å². The molecule has 1 aromatic heterocycles. The van der Waals surface area contributed by atoms with E-state index >= 15 is 0 Å². The molecule has 0 bridgehead atoms. The highest BCUT2D eigenvalue weighted by molar-refractivity contribution is 6.25. The molecule has 9 aromatic rings. The van der Waals surface area contributed by atoms with E-state index in [0.29, 0.717) is 23.0 Å².